The van der Waals surface area contributed by atoms with Crippen molar-refractivity contribution in [2.45, 2.75) is 44.0 Å². The van der Waals surface area contributed by atoms with Crippen molar-refractivity contribution in [3.05, 3.63) is 59.7 Å². The second-order valence-corrected chi connectivity index (χ2v) is 9.30. The van der Waals surface area contributed by atoms with Crippen molar-refractivity contribution in [3.63, 3.8) is 0 Å². The van der Waals surface area contributed by atoms with Crippen molar-refractivity contribution in [3.8, 4) is 5.75 Å². The van der Waals surface area contributed by atoms with Gasteiger partial charge in [-0.25, -0.2) is 8.42 Å². The number of amides is 1. The van der Waals surface area contributed by atoms with Gasteiger partial charge in [-0.05, 0) is 68.7 Å². The molecule has 1 fully saturated rings. The minimum atomic E-state index is -3.53. The Morgan fingerprint density at radius 3 is 2.62 bits per heavy atom. The summed E-state index contributed by atoms with van der Waals surface area (Å²) < 4.78 is 32.9. The van der Waals surface area contributed by atoms with E-state index in [4.69, 9.17) is 4.74 Å². The standard InChI is InChI=1S/C22H28N2O4S/c1-17-6-5-8-20(16-17)28-15-13-23-22(25)19-9-11-21(12-10-19)29(26,27)24-14-4-3-7-18(24)2/h5-6,8-12,16,18H,3-4,7,13-15H2,1-2H3,(H,23,25)/t18-/m1/s1. The van der Waals surface area contributed by atoms with Crippen molar-refractivity contribution in [2.75, 3.05) is 19.7 Å². The number of rotatable bonds is 7. The Balaban J connectivity index is 1.54. The zero-order valence-electron chi connectivity index (χ0n) is 16.9. The third kappa shape index (κ3) is 5.36. The molecule has 3 rings (SSSR count). The van der Waals surface area contributed by atoms with Crippen LogP contribution in [0.1, 0.15) is 42.1 Å². The molecule has 156 valence electrons. The van der Waals surface area contributed by atoms with Gasteiger partial charge in [0.25, 0.3) is 5.91 Å². The van der Waals surface area contributed by atoms with Crippen LogP contribution in [0, 0.1) is 6.92 Å². The van der Waals surface area contributed by atoms with Gasteiger partial charge in [-0.3, -0.25) is 4.79 Å². The smallest absolute Gasteiger partial charge is 0.251 e. The van der Waals surface area contributed by atoms with Gasteiger partial charge in [0.2, 0.25) is 10.0 Å². The number of ether oxygens (including phenoxy) is 1. The van der Waals surface area contributed by atoms with Crippen molar-refractivity contribution in [1.29, 1.82) is 0 Å². The Morgan fingerprint density at radius 2 is 1.93 bits per heavy atom. The Bertz CT molecular complexity index is 942. The van der Waals surface area contributed by atoms with Crippen molar-refractivity contribution < 1.29 is 17.9 Å². The topological polar surface area (TPSA) is 75.7 Å². The maximum atomic E-state index is 12.9. The number of aryl methyl sites for hydroxylation is 1. The van der Waals surface area contributed by atoms with E-state index in [0.717, 1.165) is 30.6 Å². The Morgan fingerprint density at radius 1 is 1.17 bits per heavy atom. The largest absolute Gasteiger partial charge is 0.492 e. The lowest BCUT2D eigenvalue weighted by molar-refractivity contribution is 0.0947. The van der Waals surface area contributed by atoms with Gasteiger partial charge in [-0.2, -0.15) is 4.31 Å². The van der Waals surface area contributed by atoms with E-state index in [9.17, 15) is 13.2 Å². The number of carbonyl (C=O) groups excluding carboxylic acids is 1. The Labute approximate surface area is 172 Å². The molecule has 0 aliphatic carbocycles. The molecule has 6 nitrogen and oxygen atoms in total. The maximum Gasteiger partial charge on any atom is 0.251 e. The molecule has 1 aliphatic rings. The third-order valence-corrected chi connectivity index (χ3v) is 7.14. The quantitative estimate of drug-likeness (QED) is 0.702. The van der Waals surface area contributed by atoms with Gasteiger partial charge in [0.1, 0.15) is 12.4 Å². The first-order valence-corrected chi connectivity index (χ1v) is 11.4. The minimum Gasteiger partial charge on any atom is -0.492 e. The molecule has 29 heavy (non-hydrogen) atoms. The third-order valence-electron chi connectivity index (χ3n) is 5.11. The zero-order valence-corrected chi connectivity index (χ0v) is 17.7. The van der Waals surface area contributed by atoms with Gasteiger partial charge in [0.05, 0.1) is 11.4 Å². The number of hydrogen-bond donors (Lipinski definition) is 1. The second kappa shape index (κ2) is 9.41. The first-order chi connectivity index (χ1) is 13.9. The van der Waals surface area contributed by atoms with E-state index < -0.39 is 10.0 Å². The van der Waals surface area contributed by atoms with E-state index >= 15 is 0 Å². The van der Waals surface area contributed by atoms with Crippen molar-refractivity contribution in [1.82, 2.24) is 9.62 Å². The zero-order chi connectivity index (χ0) is 20.9. The molecule has 2 aromatic rings. The summed E-state index contributed by atoms with van der Waals surface area (Å²) in [7, 11) is -3.53. The second-order valence-electron chi connectivity index (χ2n) is 7.41. The molecule has 2 aromatic carbocycles. The van der Waals surface area contributed by atoms with E-state index in [1.165, 1.54) is 12.1 Å². The van der Waals surface area contributed by atoms with Crippen LogP contribution in [0.5, 0.6) is 5.75 Å². The summed E-state index contributed by atoms with van der Waals surface area (Å²) in [6.07, 6.45) is 2.82. The van der Waals surface area contributed by atoms with Crippen molar-refractivity contribution in [2.24, 2.45) is 0 Å². The highest BCUT2D eigenvalue weighted by Gasteiger charge is 2.30. The predicted molar refractivity (Wildman–Crippen MR) is 113 cm³/mol. The fourth-order valence-corrected chi connectivity index (χ4v) is 5.18. The molecule has 1 N–H and O–H groups in total. The van der Waals surface area contributed by atoms with E-state index in [-0.39, 0.29) is 16.8 Å². The summed E-state index contributed by atoms with van der Waals surface area (Å²) in [6.45, 7) is 5.20. The minimum absolute atomic E-state index is 0.00475. The van der Waals surface area contributed by atoms with Gasteiger partial charge in [0.15, 0.2) is 0 Å². The van der Waals surface area contributed by atoms with Gasteiger partial charge < -0.3 is 10.1 Å². The highest BCUT2D eigenvalue weighted by molar-refractivity contribution is 7.89. The average Bonchev–Trinajstić information content (AvgIpc) is 2.71. The molecular weight excluding hydrogens is 388 g/mol. The number of sulfonamides is 1. The molecule has 0 bridgehead atoms. The molecule has 1 atom stereocenters. The summed E-state index contributed by atoms with van der Waals surface area (Å²) in [4.78, 5) is 12.5. The lowest BCUT2D eigenvalue weighted by Crippen LogP contribution is -2.41. The molecule has 0 radical (unpaired) electrons. The fraction of sp³-hybridized carbons (Fsp3) is 0.409. The highest BCUT2D eigenvalue weighted by atomic mass is 32.2. The Hall–Kier alpha value is -2.38. The van der Waals surface area contributed by atoms with Crippen LogP contribution in [0.2, 0.25) is 0 Å². The van der Waals surface area contributed by atoms with Crippen LogP contribution in [-0.4, -0.2) is 44.4 Å². The van der Waals surface area contributed by atoms with Crippen LogP contribution in [0.4, 0.5) is 0 Å². The average molecular weight is 417 g/mol. The van der Waals surface area contributed by atoms with Crippen LogP contribution in [0.3, 0.4) is 0 Å². The summed E-state index contributed by atoms with van der Waals surface area (Å²) in [5.41, 5.74) is 1.53. The normalized spacial score (nSPS) is 17.7. The number of benzene rings is 2. The molecule has 0 unspecified atom stereocenters. The molecule has 1 amide bonds. The monoisotopic (exact) mass is 416 g/mol. The summed E-state index contributed by atoms with van der Waals surface area (Å²) in [6, 6.07) is 13.8. The summed E-state index contributed by atoms with van der Waals surface area (Å²) >= 11 is 0. The van der Waals surface area contributed by atoms with Crippen molar-refractivity contribution >= 4 is 15.9 Å². The highest BCUT2D eigenvalue weighted by Crippen LogP contribution is 2.25. The van der Waals surface area contributed by atoms with E-state index in [0.29, 0.717) is 25.3 Å². The molecule has 1 aliphatic heterocycles. The molecule has 0 spiro atoms. The number of nitrogens with one attached hydrogen (secondary N) is 1. The first kappa shape index (κ1) is 21.3. The van der Waals surface area contributed by atoms with Crippen LogP contribution >= 0.6 is 0 Å². The van der Waals surface area contributed by atoms with Gasteiger partial charge >= 0.3 is 0 Å². The van der Waals surface area contributed by atoms with E-state index in [2.05, 4.69) is 5.32 Å². The molecule has 0 aromatic heterocycles. The summed E-state index contributed by atoms with van der Waals surface area (Å²) in [5, 5.41) is 2.79. The molecule has 7 heteroatoms. The number of nitrogens with zero attached hydrogens (tertiary/aromatic N) is 1. The van der Waals surface area contributed by atoms with Crippen LogP contribution in [0.15, 0.2) is 53.4 Å². The SMILES string of the molecule is Cc1cccc(OCCNC(=O)c2ccc(S(=O)(=O)N3CCCC[C@H]3C)cc2)c1. The van der Waals surface area contributed by atoms with Crippen LogP contribution < -0.4 is 10.1 Å². The van der Waals surface area contributed by atoms with Crippen LogP contribution in [0.25, 0.3) is 0 Å². The molecule has 0 saturated carbocycles. The number of piperidine rings is 1. The van der Waals surface area contributed by atoms with Crippen LogP contribution in [-0.2, 0) is 10.0 Å². The van der Waals surface area contributed by atoms with E-state index in [1.54, 1.807) is 16.4 Å². The molecular formula is C22H28N2O4S. The Kier molecular flexibility index (Phi) is 6.92. The maximum absolute atomic E-state index is 12.9. The van der Waals surface area contributed by atoms with Gasteiger partial charge in [0, 0.05) is 18.2 Å². The first-order valence-electron chi connectivity index (χ1n) is 9.97. The lowest BCUT2D eigenvalue weighted by atomic mass is 10.1. The number of carbonyl (C=O) groups is 1. The van der Waals surface area contributed by atoms with Gasteiger partial charge in [-0.1, -0.05) is 18.6 Å². The lowest BCUT2D eigenvalue weighted by Gasteiger charge is -2.32. The number of hydrogen-bond acceptors (Lipinski definition) is 4. The van der Waals surface area contributed by atoms with E-state index in [1.807, 2.05) is 38.1 Å². The van der Waals surface area contributed by atoms with Gasteiger partial charge in [-0.15, -0.1) is 0 Å². The summed E-state index contributed by atoms with van der Waals surface area (Å²) in [5.74, 6) is 0.508. The predicted octanol–water partition coefficient (Wildman–Crippen LogP) is 3.37. The molecule has 1 saturated heterocycles. The fourth-order valence-electron chi connectivity index (χ4n) is 3.48. The molecule has 1 heterocycles.